The highest BCUT2D eigenvalue weighted by molar-refractivity contribution is 7.98. The van der Waals surface area contributed by atoms with Crippen molar-refractivity contribution in [2.45, 2.75) is 10.8 Å². The summed E-state index contributed by atoms with van der Waals surface area (Å²) in [6.45, 7) is 0. The topological polar surface area (TPSA) is 12.9 Å². The fraction of sp³-hybridized carbons (Fsp3) is 0.105. The standard InChI is InChI=1S/C19H16FNS/c1-22-18-11-12-21-13-16(18)19(14-7-3-2-4-8-14)15-9-5-6-10-17(15)20/h2-13,19H,1H3. The van der Waals surface area contributed by atoms with Gasteiger partial charge in [0.25, 0.3) is 0 Å². The molecule has 0 radical (unpaired) electrons. The lowest BCUT2D eigenvalue weighted by atomic mass is 9.85. The fourth-order valence-electron chi connectivity index (χ4n) is 2.68. The Hall–Kier alpha value is -2.13. The second-order valence-corrected chi connectivity index (χ2v) is 5.83. The molecule has 1 unspecified atom stereocenters. The monoisotopic (exact) mass is 309 g/mol. The average molecular weight is 309 g/mol. The van der Waals surface area contributed by atoms with Crippen molar-refractivity contribution in [3.05, 3.63) is 95.6 Å². The third-order valence-corrected chi connectivity index (χ3v) is 4.50. The molecule has 0 N–H and O–H groups in total. The summed E-state index contributed by atoms with van der Waals surface area (Å²) in [4.78, 5) is 5.38. The van der Waals surface area contributed by atoms with Crippen molar-refractivity contribution in [2.24, 2.45) is 0 Å². The maximum absolute atomic E-state index is 14.4. The molecule has 0 bridgehead atoms. The molecule has 0 aliphatic carbocycles. The number of hydrogen-bond acceptors (Lipinski definition) is 2. The van der Waals surface area contributed by atoms with Crippen LogP contribution in [-0.2, 0) is 0 Å². The Labute approximate surface area is 134 Å². The van der Waals surface area contributed by atoms with Crippen molar-refractivity contribution in [1.29, 1.82) is 0 Å². The van der Waals surface area contributed by atoms with E-state index >= 15 is 0 Å². The van der Waals surface area contributed by atoms with Gasteiger partial charge in [0.2, 0.25) is 0 Å². The molecule has 110 valence electrons. The molecule has 0 aliphatic heterocycles. The van der Waals surface area contributed by atoms with E-state index in [1.807, 2.05) is 61.0 Å². The largest absolute Gasteiger partial charge is 0.264 e. The third kappa shape index (κ3) is 2.90. The molecule has 3 aromatic rings. The Morgan fingerprint density at radius 3 is 2.36 bits per heavy atom. The van der Waals surface area contributed by atoms with E-state index in [4.69, 9.17) is 0 Å². The quantitative estimate of drug-likeness (QED) is 0.620. The second kappa shape index (κ2) is 6.75. The first-order chi connectivity index (χ1) is 10.8. The van der Waals surface area contributed by atoms with Crippen LogP contribution >= 0.6 is 11.8 Å². The Bertz CT molecular complexity index is 758. The molecule has 0 fully saturated rings. The molecule has 0 spiro atoms. The molecule has 1 aromatic heterocycles. The van der Waals surface area contributed by atoms with Gasteiger partial charge in [-0.1, -0.05) is 48.5 Å². The highest BCUT2D eigenvalue weighted by atomic mass is 32.2. The summed E-state index contributed by atoms with van der Waals surface area (Å²) in [7, 11) is 0. The second-order valence-electron chi connectivity index (χ2n) is 4.98. The normalized spacial score (nSPS) is 12.1. The van der Waals surface area contributed by atoms with Gasteiger partial charge in [0.15, 0.2) is 0 Å². The van der Waals surface area contributed by atoms with Crippen LogP contribution < -0.4 is 0 Å². The number of hydrogen-bond donors (Lipinski definition) is 0. The van der Waals surface area contributed by atoms with E-state index in [0.717, 1.165) is 16.0 Å². The maximum Gasteiger partial charge on any atom is 0.127 e. The van der Waals surface area contributed by atoms with Gasteiger partial charge in [-0.3, -0.25) is 4.98 Å². The van der Waals surface area contributed by atoms with Crippen molar-refractivity contribution in [3.63, 3.8) is 0 Å². The SMILES string of the molecule is CSc1ccncc1C(c1ccccc1)c1ccccc1F. The van der Waals surface area contributed by atoms with E-state index in [1.54, 1.807) is 24.0 Å². The van der Waals surface area contributed by atoms with E-state index in [2.05, 4.69) is 4.98 Å². The Balaban J connectivity index is 2.22. The van der Waals surface area contributed by atoms with Gasteiger partial charge < -0.3 is 0 Å². The summed E-state index contributed by atoms with van der Waals surface area (Å²) in [5.41, 5.74) is 2.78. The van der Waals surface area contributed by atoms with E-state index in [-0.39, 0.29) is 11.7 Å². The molecule has 1 atom stereocenters. The first-order valence-corrected chi connectivity index (χ1v) is 8.31. The van der Waals surface area contributed by atoms with E-state index in [1.165, 1.54) is 6.07 Å². The zero-order valence-electron chi connectivity index (χ0n) is 12.2. The van der Waals surface area contributed by atoms with Crippen LogP contribution in [0.15, 0.2) is 78.0 Å². The summed E-state index contributed by atoms with van der Waals surface area (Å²) in [6.07, 6.45) is 5.65. The van der Waals surface area contributed by atoms with Gasteiger partial charge in [0.1, 0.15) is 5.82 Å². The molecule has 1 heterocycles. The zero-order chi connectivity index (χ0) is 15.4. The summed E-state index contributed by atoms with van der Waals surface area (Å²) in [5.74, 6) is -0.342. The number of aromatic nitrogens is 1. The van der Waals surface area contributed by atoms with Crippen LogP contribution in [0.5, 0.6) is 0 Å². The maximum atomic E-state index is 14.4. The molecule has 3 heteroatoms. The average Bonchev–Trinajstić information content (AvgIpc) is 2.58. The van der Waals surface area contributed by atoms with Crippen LogP contribution in [0.1, 0.15) is 22.6 Å². The molecule has 1 nitrogen and oxygen atoms in total. The van der Waals surface area contributed by atoms with Crippen molar-refractivity contribution in [1.82, 2.24) is 4.98 Å². The highest BCUT2D eigenvalue weighted by Crippen LogP contribution is 2.37. The Morgan fingerprint density at radius 1 is 0.909 bits per heavy atom. The summed E-state index contributed by atoms with van der Waals surface area (Å²) < 4.78 is 14.4. The highest BCUT2D eigenvalue weighted by Gasteiger charge is 2.22. The van der Waals surface area contributed by atoms with Crippen molar-refractivity contribution in [3.8, 4) is 0 Å². The number of benzene rings is 2. The van der Waals surface area contributed by atoms with Crippen molar-refractivity contribution >= 4 is 11.8 Å². The van der Waals surface area contributed by atoms with Crippen LogP contribution in [0.2, 0.25) is 0 Å². The lowest BCUT2D eigenvalue weighted by Gasteiger charge is -2.21. The van der Waals surface area contributed by atoms with Gasteiger partial charge in [-0.25, -0.2) is 4.39 Å². The number of pyridine rings is 1. The lowest BCUT2D eigenvalue weighted by molar-refractivity contribution is 0.605. The summed E-state index contributed by atoms with van der Waals surface area (Å²) in [5, 5.41) is 0. The van der Waals surface area contributed by atoms with Crippen LogP contribution in [0.25, 0.3) is 0 Å². The minimum atomic E-state index is -0.188. The molecule has 2 aromatic carbocycles. The molecule has 3 rings (SSSR count). The van der Waals surface area contributed by atoms with Gasteiger partial charge >= 0.3 is 0 Å². The molecule has 22 heavy (non-hydrogen) atoms. The van der Waals surface area contributed by atoms with Gasteiger partial charge in [-0.05, 0) is 35.1 Å². The molecular formula is C19H16FNS. The van der Waals surface area contributed by atoms with Gasteiger partial charge in [-0.15, -0.1) is 11.8 Å². The molecule has 0 aliphatic rings. The molecule has 0 saturated carbocycles. The predicted molar refractivity (Wildman–Crippen MR) is 89.8 cm³/mol. The van der Waals surface area contributed by atoms with Crippen LogP contribution in [0.4, 0.5) is 4.39 Å². The van der Waals surface area contributed by atoms with E-state index < -0.39 is 0 Å². The number of halogens is 1. The molecule has 0 saturated heterocycles. The number of rotatable bonds is 4. The van der Waals surface area contributed by atoms with Crippen molar-refractivity contribution in [2.75, 3.05) is 6.26 Å². The first kappa shape index (κ1) is 14.8. The van der Waals surface area contributed by atoms with Crippen LogP contribution in [-0.4, -0.2) is 11.2 Å². The van der Waals surface area contributed by atoms with Gasteiger partial charge in [0.05, 0.1) is 0 Å². The minimum absolute atomic E-state index is 0.154. The fourth-order valence-corrected chi connectivity index (χ4v) is 3.28. The third-order valence-electron chi connectivity index (χ3n) is 3.69. The Morgan fingerprint density at radius 2 is 1.64 bits per heavy atom. The Kier molecular flexibility index (Phi) is 4.54. The summed E-state index contributed by atoms with van der Waals surface area (Å²) >= 11 is 1.66. The van der Waals surface area contributed by atoms with Crippen LogP contribution in [0, 0.1) is 5.82 Å². The van der Waals surface area contributed by atoms with E-state index in [0.29, 0.717) is 5.56 Å². The van der Waals surface area contributed by atoms with Gasteiger partial charge in [0, 0.05) is 23.2 Å². The summed E-state index contributed by atoms with van der Waals surface area (Å²) in [6, 6.07) is 19.0. The van der Waals surface area contributed by atoms with E-state index in [9.17, 15) is 4.39 Å². The van der Waals surface area contributed by atoms with Crippen LogP contribution in [0.3, 0.4) is 0 Å². The predicted octanol–water partition coefficient (Wildman–Crippen LogP) is 5.12. The minimum Gasteiger partial charge on any atom is -0.264 e. The van der Waals surface area contributed by atoms with Gasteiger partial charge in [-0.2, -0.15) is 0 Å². The molecule has 0 amide bonds. The van der Waals surface area contributed by atoms with Crippen molar-refractivity contribution < 1.29 is 4.39 Å². The zero-order valence-corrected chi connectivity index (χ0v) is 13.1. The molecular weight excluding hydrogens is 293 g/mol. The first-order valence-electron chi connectivity index (χ1n) is 7.08. The smallest absolute Gasteiger partial charge is 0.127 e. The lowest BCUT2D eigenvalue weighted by Crippen LogP contribution is -2.07. The number of nitrogens with zero attached hydrogens (tertiary/aromatic N) is 1. The number of thioether (sulfide) groups is 1.